The lowest BCUT2D eigenvalue weighted by Crippen LogP contribution is -2.51. The normalized spacial score (nSPS) is 15.5. The molecule has 3 aromatic rings. The van der Waals surface area contributed by atoms with Crippen LogP contribution in [0.2, 0.25) is 0 Å². The Labute approximate surface area is 194 Å². The van der Waals surface area contributed by atoms with Crippen LogP contribution in [0.1, 0.15) is 31.3 Å². The van der Waals surface area contributed by atoms with Gasteiger partial charge in [0.05, 0.1) is 5.69 Å². The van der Waals surface area contributed by atoms with Gasteiger partial charge in [0, 0.05) is 44.8 Å². The number of aromatic amines is 1. The number of amides is 1. The van der Waals surface area contributed by atoms with E-state index in [1.807, 2.05) is 67.0 Å². The fraction of sp³-hybridized carbons (Fsp3) is 0.400. The molecule has 0 saturated carbocycles. The predicted molar refractivity (Wildman–Crippen MR) is 127 cm³/mol. The minimum atomic E-state index is -0.325. The van der Waals surface area contributed by atoms with E-state index in [9.17, 15) is 9.18 Å². The molecule has 7 nitrogen and oxygen atoms in total. The zero-order valence-electron chi connectivity index (χ0n) is 19.5. The first kappa shape index (κ1) is 22.9. The lowest BCUT2D eigenvalue weighted by atomic mass is 10.0. The van der Waals surface area contributed by atoms with Crippen molar-refractivity contribution in [2.45, 2.75) is 26.8 Å². The molecule has 4 rings (SSSR count). The number of hydrogen-bond donors (Lipinski definition) is 1. The summed E-state index contributed by atoms with van der Waals surface area (Å²) in [6, 6.07) is 14.7. The van der Waals surface area contributed by atoms with Crippen LogP contribution in [0.25, 0.3) is 11.4 Å². The summed E-state index contributed by atoms with van der Waals surface area (Å²) in [5.41, 5.74) is 2.21. The summed E-state index contributed by atoms with van der Waals surface area (Å²) in [6.07, 6.45) is 0. The number of nitrogens with zero attached hydrogens (tertiary/aromatic N) is 5. The minimum Gasteiger partial charge on any atom is -0.367 e. The van der Waals surface area contributed by atoms with Gasteiger partial charge in [-0.25, -0.2) is 9.37 Å². The van der Waals surface area contributed by atoms with Crippen LogP contribution in [0.3, 0.4) is 0 Å². The number of halogens is 1. The van der Waals surface area contributed by atoms with Crippen molar-refractivity contribution in [3.05, 3.63) is 65.7 Å². The molecule has 1 atom stereocenters. The van der Waals surface area contributed by atoms with Gasteiger partial charge in [0.1, 0.15) is 17.7 Å². The molecule has 2 aromatic carbocycles. The van der Waals surface area contributed by atoms with Crippen LogP contribution in [0.15, 0.2) is 48.5 Å². The molecule has 1 aromatic heterocycles. The first-order chi connectivity index (χ1) is 16.0. The zero-order valence-corrected chi connectivity index (χ0v) is 19.5. The summed E-state index contributed by atoms with van der Waals surface area (Å²) < 4.78 is 15.0. The molecule has 33 heavy (non-hydrogen) atoms. The average Bonchev–Trinajstić information content (AvgIpc) is 3.28. The highest BCUT2D eigenvalue weighted by molar-refractivity contribution is 5.83. The molecular formula is C25H31FN6O. The van der Waals surface area contributed by atoms with Crippen molar-refractivity contribution in [2.75, 3.05) is 44.2 Å². The van der Waals surface area contributed by atoms with Crippen LogP contribution in [0.4, 0.5) is 10.1 Å². The molecule has 0 spiro atoms. The molecular weight excluding hydrogens is 419 g/mol. The number of anilines is 1. The summed E-state index contributed by atoms with van der Waals surface area (Å²) in [5.74, 6) is 1.01. The fourth-order valence-electron chi connectivity index (χ4n) is 4.45. The van der Waals surface area contributed by atoms with Gasteiger partial charge in [-0.3, -0.25) is 14.8 Å². The Morgan fingerprint density at radius 1 is 1.09 bits per heavy atom. The monoisotopic (exact) mass is 450 g/mol. The molecule has 1 saturated heterocycles. The number of nitrogens with one attached hydrogen (secondary N) is 1. The number of aryl methyl sites for hydroxylation is 1. The number of hydrogen-bond acceptors (Lipinski definition) is 5. The second kappa shape index (κ2) is 10.1. The number of carbonyl (C=O) groups is 1. The van der Waals surface area contributed by atoms with E-state index in [0.717, 1.165) is 5.56 Å². The third-order valence-corrected chi connectivity index (χ3v) is 6.25. The third-order valence-electron chi connectivity index (χ3n) is 6.25. The topological polar surface area (TPSA) is 68.4 Å². The van der Waals surface area contributed by atoms with E-state index in [4.69, 9.17) is 0 Å². The average molecular weight is 451 g/mol. The molecule has 1 fully saturated rings. The Morgan fingerprint density at radius 3 is 2.36 bits per heavy atom. The maximum atomic E-state index is 15.0. The van der Waals surface area contributed by atoms with Gasteiger partial charge in [-0.2, -0.15) is 5.10 Å². The van der Waals surface area contributed by atoms with Crippen LogP contribution in [0.5, 0.6) is 0 Å². The van der Waals surface area contributed by atoms with Crippen molar-refractivity contribution in [1.82, 2.24) is 25.0 Å². The molecule has 1 aliphatic rings. The van der Waals surface area contributed by atoms with E-state index in [2.05, 4.69) is 20.1 Å². The lowest BCUT2D eigenvalue weighted by Gasteiger charge is -2.41. The smallest absolute Gasteiger partial charge is 0.244 e. The number of piperazine rings is 1. The third kappa shape index (κ3) is 4.90. The summed E-state index contributed by atoms with van der Waals surface area (Å²) >= 11 is 0. The Kier molecular flexibility index (Phi) is 7.03. The number of benzene rings is 2. The highest BCUT2D eigenvalue weighted by Gasteiger charge is 2.33. The Bertz CT molecular complexity index is 1070. The fourth-order valence-corrected chi connectivity index (χ4v) is 4.45. The summed E-state index contributed by atoms with van der Waals surface area (Å²) in [7, 11) is 0. The minimum absolute atomic E-state index is 0.122. The molecule has 1 unspecified atom stereocenters. The van der Waals surface area contributed by atoms with Gasteiger partial charge in [-0.05, 0) is 44.5 Å². The SMILES string of the molecule is CCN(CC)C(=O)C(c1ccccc1)N1CCN(c2ccc(-c3n[nH]c(C)n3)cc2F)CC1. The van der Waals surface area contributed by atoms with Crippen molar-refractivity contribution in [3.63, 3.8) is 0 Å². The van der Waals surface area contributed by atoms with Crippen molar-refractivity contribution < 1.29 is 9.18 Å². The molecule has 2 heterocycles. The second-order valence-corrected chi connectivity index (χ2v) is 8.26. The summed E-state index contributed by atoms with van der Waals surface area (Å²) in [5, 5.41) is 6.90. The Morgan fingerprint density at radius 2 is 1.79 bits per heavy atom. The standard InChI is InChI=1S/C25H31FN6O/c1-4-30(5-2)25(33)23(19-9-7-6-8-10-19)32-15-13-31(14-16-32)22-12-11-20(17-21(22)26)24-27-18(3)28-29-24/h6-12,17,23H,4-5,13-16H2,1-3H3,(H,27,28,29). The van der Waals surface area contributed by atoms with Crippen LogP contribution in [-0.4, -0.2) is 70.2 Å². The van der Waals surface area contributed by atoms with E-state index in [-0.39, 0.29) is 17.8 Å². The maximum Gasteiger partial charge on any atom is 0.244 e. The number of rotatable bonds is 7. The largest absolute Gasteiger partial charge is 0.367 e. The Balaban J connectivity index is 1.50. The maximum absolute atomic E-state index is 15.0. The van der Waals surface area contributed by atoms with E-state index in [1.165, 1.54) is 6.07 Å². The first-order valence-electron chi connectivity index (χ1n) is 11.5. The predicted octanol–water partition coefficient (Wildman–Crippen LogP) is 3.65. The van der Waals surface area contributed by atoms with E-state index < -0.39 is 0 Å². The van der Waals surface area contributed by atoms with E-state index in [1.54, 1.807) is 6.07 Å². The van der Waals surface area contributed by atoms with Gasteiger partial charge >= 0.3 is 0 Å². The summed E-state index contributed by atoms with van der Waals surface area (Å²) in [6.45, 7) is 9.83. The molecule has 0 aliphatic carbocycles. The lowest BCUT2D eigenvalue weighted by molar-refractivity contribution is -0.137. The molecule has 1 amide bonds. The van der Waals surface area contributed by atoms with Crippen LogP contribution < -0.4 is 4.90 Å². The van der Waals surface area contributed by atoms with Gasteiger partial charge < -0.3 is 9.80 Å². The van der Waals surface area contributed by atoms with Crippen molar-refractivity contribution >= 4 is 11.6 Å². The van der Waals surface area contributed by atoms with Gasteiger partial charge in [-0.15, -0.1) is 0 Å². The van der Waals surface area contributed by atoms with Crippen LogP contribution in [-0.2, 0) is 4.79 Å². The van der Waals surface area contributed by atoms with Crippen LogP contribution >= 0.6 is 0 Å². The zero-order chi connectivity index (χ0) is 23.4. The quantitative estimate of drug-likeness (QED) is 0.595. The Hall–Kier alpha value is -3.26. The molecule has 1 aliphatic heterocycles. The summed E-state index contributed by atoms with van der Waals surface area (Å²) in [4.78, 5) is 23.8. The molecule has 8 heteroatoms. The number of aromatic nitrogens is 3. The van der Waals surface area contributed by atoms with Crippen LogP contribution in [0, 0.1) is 12.7 Å². The highest BCUT2D eigenvalue weighted by Crippen LogP contribution is 2.29. The van der Waals surface area contributed by atoms with E-state index in [0.29, 0.717) is 62.2 Å². The first-order valence-corrected chi connectivity index (χ1v) is 11.5. The molecule has 1 N–H and O–H groups in total. The second-order valence-electron chi connectivity index (χ2n) is 8.26. The van der Waals surface area contributed by atoms with Gasteiger partial charge in [0.15, 0.2) is 5.82 Å². The number of likely N-dealkylation sites (N-methyl/N-ethyl adjacent to an activating group) is 1. The number of H-pyrrole nitrogens is 1. The van der Waals surface area contributed by atoms with E-state index >= 15 is 0 Å². The van der Waals surface area contributed by atoms with Gasteiger partial charge in [-0.1, -0.05) is 30.3 Å². The molecule has 0 bridgehead atoms. The molecule has 174 valence electrons. The van der Waals surface area contributed by atoms with Crippen molar-refractivity contribution in [3.8, 4) is 11.4 Å². The highest BCUT2D eigenvalue weighted by atomic mass is 19.1. The van der Waals surface area contributed by atoms with Gasteiger partial charge in [0.25, 0.3) is 0 Å². The van der Waals surface area contributed by atoms with Gasteiger partial charge in [0.2, 0.25) is 5.91 Å². The van der Waals surface area contributed by atoms with Crippen molar-refractivity contribution in [2.24, 2.45) is 0 Å². The molecule has 0 radical (unpaired) electrons. The number of carbonyl (C=O) groups excluding carboxylic acids is 1. The van der Waals surface area contributed by atoms with Crippen molar-refractivity contribution in [1.29, 1.82) is 0 Å².